The topological polar surface area (TPSA) is 46.2 Å². The number of aliphatic hydroxyl groups is 1. The van der Waals surface area contributed by atoms with Crippen LogP contribution in [0.15, 0.2) is 36.4 Å². The zero-order valence-electron chi connectivity index (χ0n) is 8.86. The third kappa shape index (κ3) is 1.92. The standard InChI is InChI=1S/C13H14FNO/c14-12-6-5-11(13(16)7-8-15)9-3-1-2-4-10(9)12/h1-6,13,16H,7-8,15H2. The molecule has 0 amide bonds. The molecule has 84 valence electrons. The lowest BCUT2D eigenvalue weighted by molar-refractivity contribution is 0.172. The van der Waals surface area contributed by atoms with Crippen LogP contribution in [0.5, 0.6) is 0 Å². The third-order valence-electron chi connectivity index (χ3n) is 2.70. The molecule has 0 saturated carbocycles. The first kappa shape index (κ1) is 11.0. The Hall–Kier alpha value is -1.45. The highest BCUT2D eigenvalue weighted by atomic mass is 19.1. The number of rotatable bonds is 3. The van der Waals surface area contributed by atoms with E-state index in [1.54, 1.807) is 18.2 Å². The molecule has 0 aliphatic rings. The number of hydrogen-bond acceptors (Lipinski definition) is 2. The highest BCUT2D eigenvalue weighted by molar-refractivity contribution is 5.86. The van der Waals surface area contributed by atoms with Crippen molar-refractivity contribution in [3.63, 3.8) is 0 Å². The van der Waals surface area contributed by atoms with E-state index in [4.69, 9.17) is 5.73 Å². The van der Waals surface area contributed by atoms with Gasteiger partial charge >= 0.3 is 0 Å². The Labute approximate surface area is 93.5 Å². The van der Waals surface area contributed by atoms with Crippen molar-refractivity contribution in [1.82, 2.24) is 0 Å². The van der Waals surface area contributed by atoms with Crippen molar-refractivity contribution in [2.45, 2.75) is 12.5 Å². The number of hydrogen-bond donors (Lipinski definition) is 2. The molecule has 0 fully saturated rings. The van der Waals surface area contributed by atoms with Crippen LogP contribution in [0, 0.1) is 5.82 Å². The highest BCUT2D eigenvalue weighted by Crippen LogP contribution is 2.27. The normalized spacial score (nSPS) is 12.9. The fraction of sp³-hybridized carbons (Fsp3) is 0.231. The first-order chi connectivity index (χ1) is 7.74. The number of benzene rings is 2. The lowest BCUT2D eigenvalue weighted by Crippen LogP contribution is -2.07. The minimum absolute atomic E-state index is 0.265. The monoisotopic (exact) mass is 219 g/mol. The fourth-order valence-corrected chi connectivity index (χ4v) is 1.89. The third-order valence-corrected chi connectivity index (χ3v) is 2.70. The van der Waals surface area contributed by atoms with E-state index < -0.39 is 6.10 Å². The van der Waals surface area contributed by atoms with Crippen molar-refractivity contribution in [2.24, 2.45) is 5.73 Å². The van der Waals surface area contributed by atoms with Crippen molar-refractivity contribution in [1.29, 1.82) is 0 Å². The van der Waals surface area contributed by atoms with Crippen molar-refractivity contribution < 1.29 is 9.50 Å². The molecule has 16 heavy (non-hydrogen) atoms. The molecule has 0 aromatic heterocycles. The van der Waals surface area contributed by atoms with Gasteiger partial charge in [0, 0.05) is 5.39 Å². The van der Waals surface area contributed by atoms with Gasteiger partial charge in [-0.05, 0) is 30.0 Å². The van der Waals surface area contributed by atoms with Gasteiger partial charge in [-0.3, -0.25) is 0 Å². The summed E-state index contributed by atoms with van der Waals surface area (Å²) >= 11 is 0. The Morgan fingerprint density at radius 2 is 1.81 bits per heavy atom. The summed E-state index contributed by atoms with van der Waals surface area (Å²) in [5.41, 5.74) is 6.15. The molecule has 2 aromatic rings. The molecule has 0 aliphatic heterocycles. The maximum atomic E-state index is 13.5. The zero-order chi connectivity index (χ0) is 11.5. The summed E-state index contributed by atoms with van der Waals surface area (Å²) in [5, 5.41) is 11.2. The van der Waals surface area contributed by atoms with Crippen LogP contribution < -0.4 is 5.73 Å². The highest BCUT2D eigenvalue weighted by Gasteiger charge is 2.12. The van der Waals surface area contributed by atoms with Gasteiger partial charge in [-0.1, -0.05) is 30.3 Å². The molecule has 0 heterocycles. The molecule has 0 radical (unpaired) electrons. The van der Waals surface area contributed by atoms with Crippen LogP contribution in [0.25, 0.3) is 10.8 Å². The number of halogens is 1. The van der Waals surface area contributed by atoms with Gasteiger partial charge in [0.05, 0.1) is 6.10 Å². The molecule has 2 nitrogen and oxygen atoms in total. The second-order valence-electron chi connectivity index (χ2n) is 3.78. The van der Waals surface area contributed by atoms with E-state index in [1.165, 1.54) is 6.07 Å². The molecule has 3 heteroatoms. The van der Waals surface area contributed by atoms with Gasteiger partial charge in [0.25, 0.3) is 0 Å². The van der Waals surface area contributed by atoms with Crippen molar-refractivity contribution in [2.75, 3.05) is 6.54 Å². The summed E-state index contributed by atoms with van der Waals surface area (Å²) < 4.78 is 13.5. The first-order valence-corrected chi connectivity index (χ1v) is 5.29. The second-order valence-corrected chi connectivity index (χ2v) is 3.78. The van der Waals surface area contributed by atoms with E-state index in [0.717, 1.165) is 10.9 Å². The van der Waals surface area contributed by atoms with E-state index >= 15 is 0 Å². The Morgan fingerprint density at radius 3 is 2.50 bits per heavy atom. The Morgan fingerprint density at radius 1 is 1.12 bits per heavy atom. The van der Waals surface area contributed by atoms with Crippen LogP contribution in [0.2, 0.25) is 0 Å². The fourth-order valence-electron chi connectivity index (χ4n) is 1.89. The van der Waals surface area contributed by atoms with Gasteiger partial charge in [0.1, 0.15) is 5.82 Å². The Kier molecular flexibility index (Phi) is 3.17. The van der Waals surface area contributed by atoms with E-state index in [2.05, 4.69) is 0 Å². The number of nitrogens with two attached hydrogens (primary N) is 1. The summed E-state index contributed by atoms with van der Waals surface area (Å²) in [6.07, 6.45) is -0.147. The lowest BCUT2D eigenvalue weighted by atomic mass is 9.98. The molecule has 0 aliphatic carbocycles. The molecular weight excluding hydrogens is 205 g/mol. The zero-order valence-corrected chi connectivity index (χ0v) is 8.86. The summed E-state index contributed by atoms with van der Waals surface area (Å²) in [6, 6.07) is 10.1. The minimum Gasteiger partial charge on any atom is -0.388 e. The van der Waals surface area contributed by atoms with Gasteiger partial charge in [0.15, 0.2) is 0 Å². The Bertz CT molecular complexity index is 498. The van der Waals surface area contributed by atoms with Crippen molar-refractivity contribution >= 4 is 10.8 Å². The van der Waals surface area contributed by atoms with E-state index in [1.807, 2.05) is 12.1 Å². The van der Waals surface area contributed by atoms with Gasteiger partial charge in [-0.2, -0.15) is 0 Å². The SMILES string of the molecule is NCCC(O)c1ccc(F)c2ccccc12. The van der Waals surface area contributed by atoms with Crippen LogP contribution >= 0.6 is 0 Å². The minimum atomic E-state index is -0.629. The van der Waals surface area contributed by atoms with Gasteiger partial charge in [0.2, 0.25) is 0 Å². The molecule has 2 aromatic carbocycles. The van der Waals surface area contributed by atoms with Gasteiger partial charge in [-0.25, -0.2) is 4.39 Å². The predicted molar refractivity (Wildman–Crippen MR) is 62.5 cm³/mol. The van der Waals surface area contributed by atoms with Crippen LogP contribution in [-0.4, -0.2) is 11.7 Å². The lowest BCUT2D eigenvalue weighted by Gasteiger charge is -2.13. The predicted octanol–water partition coefficient (Wildman–Crippen LogP) is 2.36. The molecule has 0 saturated heterocycles. The van der Waals surface area contributed by atoms with E-state index in [-0.39, 0.29) is 5.82 Å². The summed E-state index contributed by atoms with van der Waals surface area (Å²) in [5.74, 6) is -0.265. The molecule has 3 N–H and O–H groups in total. The molecule has 1 unspecified atom stereocenters. The Balaban J connectivity index is 2.58. The van der Waals surface area contributed by atoms with Crippen molar-refractivity contribution in [3.8, 4) is 0 Å². The maximum absolute atomic E-state index is 13.5. The average molecular weight is 219 g/mol. The molecule has 1 atom stereocenters. The van der Waals surface area contributed by atoms with Crippen LogP contribution in [0.4, 0.5) is 4.39 Å². The van der Waals surface area contributed by atoms with E-state index in [0.29, 0.717) is 18.4 Å². The number of aliphatic hydroxyl groups excluding tert-OH is 1. The van der Waals surface area contributed by atoms with Gasteiger partial charge < -0.3 is 10.8 Å². The average Bonchev–Trinajstić information content (AvgIpc) is 2.30. The summed E-state index contributed by atoms with van der Waals surface area (Å²) in [7, 11) is 0. The molecule has 2 rings (SSSR count). The maximum Gasteiger partial charge on any atom is 0.131 e. The van der Waals surface area contributed by atoms with Crippen LogP contribution in [0.3, 0.4) is 0 Å². The van der Waals surface area contributed by atoms with Gasteiger partial charge in [-0.15, -0.1) is 0 Å². The quantitative estimate of drug-likeness (QED) is 0.832. The van der Waals surface area contributed by atoms with Crippen molar-refractivity contribution in [3.05, 3.63) is 47.8 Å². The van der Waals surface area contributed by atoms with E-state index in [9.17, 15) is 9.50 Å². The first-order valence-electron chi connectivity index (χ1n) is 5.29. The van der Waals surface area contributed by atoms with Crippen LogP contribution in [0.1, 0.15) is 18.1 Å². The molecule has 0 bridgehead atoms. The number of fused-ring (bicyclic) bond motifs is 1. The molecule has 0 spiro atoms. The van der Waals surface area contributed by atoms with Crippen LogP contribution in [-0.2, 0) is 0 Å². The second kappa shape index (κ2) is 4.60. The summed E-state index contributed by atoms with van der Waals surface area (Å²) in [6.45, 7) is 0.410. The summed E-state index contributed by atoms with van der Waals surface area (Å²) in [4.78, 5) is 0. The molecular formula is C13H14FNO. The smallest absolute Gasteiger partial charge is 0.131 e. The largest absolute Gasteiger partial charge is 0.388 e.